The lowest BCUT2D eigenvalue weighted by molar-refractivity contribution is 0.0401. The molecule has 2 amide bonds. The van der Waals surface area contributed by atoms with Crippen molar-refractivity contribution in [2.24, 2.45) is 0 Å². The highest BCUT2D eigenvalue weighted by Gasteiger charge is 2.42. The van der Waals surface area contributed by atoms with Crippen molar-refractivity contribution in [3.8, 4) is 0 Å². The summed E-state index contributed by atoms with van der Waals surface area (Å²) < 4.78 is 5.91. The second-order valence-electron chi connectivity index (χ2n) is 7.13. The summed E-state index contributed by atoms with van der Waals surface area (Å²) in [4.78, 5) is 14.3. The first kappa shape index (κ1) is 16.1. The van der Waals surface area contributed by atoms with Gasteiger partial charge in [-0.05, 0) is 38.5 Å². The summed E-state index contributed by atoms with van der Waals surface area (Å²) in [5, 5.41) is 12.8. The van der Waals surface area contributed by atoms with E-state index in [0.29, 0.717) is 19.3 Å². The van der Waals surface area contributed by atoms with Gasteiger partial charge in [0.1, 0.15) is 0 Å². The lowest BCUT2D eigenvalue weighted by atomic mass is 10.0. The fourth-order valence-electron chi connectivity index (χ4n) is 4.36. The van der Waals surface area contributed by atoms with Gasteiger partial charge >= 0.3 is 6.03 Å². The maximum absolute atomic E-state index is 12.3. The maximum Gasteiger partial charge on any atom is 0.317 e. The molecule has 2 aliphatic heterocycles. The molecule has 2 bridgehead atoms. The average molecular weight is 310 g/mol. The largest absolute Gasteiger partial charge is 0.393 e. The minimum absolute atomic E-state index is 0.0314. The van der Waals surface area contributed by atoms with Gasteiger partial charge in [-0.25, -0.2) is 4.79 Å². The SMILES string of the molecule is O=C(NCCOC1CCCCCC1)N1C2CCC1CC(O)C2. The number of ether oxygens (including phenoxy) is 1. The van der Waals surface area contributed by atoms with E-state index in [1.165, 1.54) is 38.5 Å². The molecule has 0 spiro atoms. The molecule has 0 radical (unpaired) electrons. The highest BCUT2D eigenvalue weighted by Crippen LogP contribution is 2.35. The molecule has 2 heterocycles. The van der Waals surface area contributed by atoms with Crippen molar-refractivity contribution in [2.75, 3.05) is 13.2 Å². The molecule has 126 valence electrons. The summed E-state index contributed by atoms with van der Waals surface area (Å²) in [5.74, 6) is 0. The van der Waals surface area contributed by atoms with E-state index in [2.05, 4.69) is 5.32 Å². The minimum atomic E-state index is -0.222. The van der Waals surface area contributed by atoms with Crippen LogP contribution in [0.1, 0.15) is 64.2 Å². The molecule has 3 aliphatic rings. The van der Waals surface area contributed by atoms with Gasteiger partial charge in [-0.15, -0.1) is 0 Å². The molecule has 0 aromatic carbocycles. The number of fused-ring (bicyclic) bond motifs is 2. The quantitative estimate of drug-likeness (QED) is 0.619. The zero-order valence-corrected chi connectivity index (χ0v) is 13.5. The molecule has 3 fully saturated rings. The Hall–Kier alpha value is -0.810. The van der Waals surface area contributed by atoms with Gasteiger partial charge < -0.3 is 20.1 Å². The number of nitrogens with zero attached hydrogens (tertiary/aromatic N) is 1. The molecule has 5 nitrogen and oxygen atoms in total. The minimum Gasteiger partial charge on any atom is -0.393 e. The lowest BCUT2D eigenvalue weighted by Gasteiger charge is -2.37. The Kier molecular flexibility index (Phi) is 5.58. The first-order chi connectivity index (χ1) is 10.7. The predicted octanol–water partition coefficient (Wildman–Crippen LogP) is 2.42. The molecular weight excluding hydrogens is 280 g/mol. The summed E-state index contributed by atoms with van der Waals surface area (Å²) in [6.07, 6.45) is 11.3. The molecule has 2 atom stereocenters. The van der Waals surface area contributed by atoms with Gasteiger partial charge in [0.25, 0.3) is 0 Å². The lowest BCUT2D eigenvalue weighted by Crippen LogP contribution is -2.52. The van der Waals surface area contributed by atoms with Crippen molar-refractivity contribution in [1.29, 1.82) is 0 Å². The van der Waals surface area contributed by atoms with Gasteiger partial charge in [-0.3, -0.25) is 0 Å². The van der Waals surface area contributed by atoms with Gasteiger partial charge in [-0.1, -0.05) is 25.7 Å². The van der Waals surface area contributed by atoms with Crippen LogP contribution in [0.2, 0.25) is 0 Å². The van der Waals surface area contributed by atoms with Crippen LogP contribution in [0.5, 0.6) is 0 Å². The fraction of sp³-hybridized carbons (Fsp3) is 0.941. The molecule has 3 rings (SSSR count). The van der Waals surface area contributed by atoms with Crippen LogP contribution in [0.3, 0.4) is 0 Å². The van der Waals surface area contributed by atoms with Crippen molar-refractivity contribution in [3.05, 3.63) is 0 Å². The van der Waals surface area contributed by atoms with Crippen LogP contribution < -0.4 is 5.32 Å². The molecule has 2 saturated heterocycles. The molecule has 2 unspecified atom stereocenters. The highest BCUT2D eigenvalue weighted by molar-refractivity contribution is 5.75. The predicted molar refractivity (Wildman–Crippen MR) is 84.7 cm³/mol. The summed E-state index contributed by atoms with van der Waals surface area (Å²) in [6, 6.07) is 0.497. The van der Waals surface area contributed by atoms with E-state index in [-0.39, 0.29) is 24.2 Å². The van der Waals surface area contributed by atoms with E-state index in [1.807, 2.05) is 4.90 Å². The Balaban J connectivity index is 1.36. The topological polar surface area (TPSA) is 61.8 Å². The molecule has 2 N–H and O–H groups in total. The summed E-state index contributed by atoms with van der Waals surface area (Å²) in [5.41, 5.74) is 0. The van der Waals surface area contributed by atoms with E-state index < -0.39 is 0 Å². The molecule has 5 heteroatoms. The van der Waals surface area contributed by atoms with Crippen LogP contribution in [-0.4, -0.2) is 53.5 Å². The fourth-order valence-corrected chi connectivity index (χ4v) is 4.36. The van der Waals surface area contributed by atoms with Crippen LogP contribution in [0, 0.1) is 0 Å². The van der Waals surface area contributed by atoms with E-state index in [9.17, 15) is 9.90 Å². The highest BCUT2D eigenvalue weighted by atomic mass is 16.5. The van der Waals surface area contributed by atoms with Crippen LogP contribution in [0.25, 0.3) is 0 Å². The van der Waals surface area contributed by atoms with Crippen LogP contribution >= 0.6 is 0 Å². The van der Waals surface area contributed by atoms with E-state index >= 15 is 0 Å². The number of carbonyl (C=O) groups is 1. The third kappa shape index (κ3) is 3.93. The van der Waals surface area contributed by atoms with Crippen LogP contribution in [-0.2, 0) is 4.74 Å². The van der Waals surface area contributed by atoms with Gasteiger partial charge in [0.15, 0.2) is 0 Å². The summed E-state index contributed by atoms with van der Waals surface area (Å²) in [6.45, 7) is 1.20. The zero-order valence-electron chi connectivity index (χ0n) is 13.5. The summed E-state index contributed by atoms with van der Waals surface area (Å²) in [7, 11) is 0. The van der Waals surface area contributed by atoms with Gasteiger partial charge in [0.2, 0.25) is 0 Å². The number of rotatable bonds is 4. The first-order valence-corrected chi connectivity index (χ1v) is 9.10. The molecule has 22 heavy (non-hydrogen) atoms. The molecule has 1 saturated carbocycles. The Morgan fingerprint density at radius 2 is 1.68 bits per heavy atom. The second kappa shape index (κ2) is 7.64. The summed E-state index contributed by atoms with van der Waals surface area (Å²) >= 11 is 0. The first-order valence-electron chi connectivity index (χ1n) is 9.10. The van der Waals surface area contributed by atoms with E-state index in [4.69, 9.17) is 4.74 Å². The van der Waals surface area contributed by atoms with Gasteiger partial charge in [0.05, 0.1) is 18.8 Å². The molecule has 0 aromatic rings. The Morgan fingerprint density at radius 3 is 2.32 bits per heavy atom. The van der Waals surface area contributed by atoms with Crippen molar-refractivity contribution in [2.45, 2.75) is 88.5 Å². The Labute approximate surface area is 133 Å². The average Bonchev–Trinajstić information content (AvgIpc) is 2.70. The molecule has 0 aromatic heterocycles. The Bertz CT molecular complexity index is 355. The monoisotopic (exact) mass is 310 g/mol. The van der Waals surface area contributed by atoms with E-state index in [0.717, 1.165) is 25.7 Å². The number of nitrogens with one attached hydrogen (secondary N) is 1. The molecular formula is C17H30N2O3. The number of piperidine rings is 1. The van der Waals surface area contributed by atoms with Crippen molar-refractivity contribution >= 4 is 6.03 Å². The van der Waals surface area contributed by atoms with Crippen LogP contribution in [0.15, 0.2) is 0 Å². The van der Waals surface area contributed by atoms with Crippen molar-refractivity contribution < 1.29 is 14.6 Å². The van der Waals surface area contributed by atoms with Gasteiger partial charge in [0, 0.05) is 18.6 Å². The molecule has 1 aliphatic carbocycles. The van der Waals surface area contributed by atoms with Crippen molar-refractivity contribution in [1.82, 2.24) is 10.2 Å². The standard InChI is InChI=1S/C17H30N2O3/c20-15-11-13-7-8-14(12-15)19(13)17(21)18-9-10-22-16-5-3-1-2-4-6-16/h13-16,20H,1-12H2,(H,18,21). The normalized spacial score (nSPS) is 32.8. The number of aliphatic hydroxyl groups excluding tert-OH is 1. The number of aliphatic hydroxyl groups is 1. The third-order valence-electron chi connectivity index (χ3n) is 5.48. The maximum atomic E-state index is 12.3. The number of urea groups is 1. The smallest absolute Gasteiger partial charge is 0.317 e. The zero-order chi connectivity index (χ0) is 15.4. The number of amides is 2. The number of hydrogen-bond acceptors (Lipinski definition) is 3. The number of hydrogen-bond donors (Lipinski definition) is 2. The van der Waals surface area contributed by atoms with Gasteiger partial charge in [-0.2, -0.15) is 0 Å². The number of carbonyl (C=O) groups excluding carboxylic acids is 1. The Morgan fingerprint density at radius 1 is 1.05 bits per heavy atom. The van der Waals surface area contributed by atoms with Crippen LogP contribution in [0.4, 0.5) is 4.79 Å². The van der Waals surface area contributed by atoms with Crippen molar-refractivity contribution in [3.63, 3.8) is 0 Å². The second-order valence-corrected chi connectivity index (χ2v) is 7.13. The third-order valence-corrected chi connectivity index (χ3v) is 5.48. The van der Waals surface area contributed by atoms with E-state index in [1.54, 1.807) is 0 Å².